The fourth-order valence-electron chi connectivity index (χ4n) is 0.637. The highest BCUT2D eigenvalue weighted by Crippen LogP contribution is 2.00. The third-order valence-corrected chi connectivity index (χ3v) is 1.17. The summed E-state index contributed by atoms with van der Waals surface area (Å²) in [4.78, 5) is 0. The molecule has 0 aromatic heterocycles. The molecule has 0 unspecified atom stereocenters. The fourth-order valence-corrected chi connectivity index (χ4v) is 0.637. The molecule has 0 bridgehead atoms. The van der Waals surface area contributed by atoms with Crippen LogP contribution in [0.25, 0.3) is 0 Å². The lowest BCUT2D eigenvalue weighted by Crippen LogP contribution is -1.74. The predicted octanol–water partition coefficient (Wildman–Crippen LogP) is 1.65. The Balaban J connectivity index is 2.95. The van der Waals surface area contributed by atoms with E-state index in [1.54, 1.807) is 24.3 Å². The molecule has 0 N–H and O–H groups in total. The molecular formula is C10H6. The SMILES string of the molecule is [2H]C#Cc1ccc(C#C[2H])cc1. The zero-order valence-corrected chi connectivity index (χ0v) is 5.31. The maximum Gasteiger partial charge on any atom is 0.124 e. The molecule has 0 aliphatic rings. The quantitative estimate of drug-likeness (QED) is 0.466. The largest absolute Gasteiger partial charge is 0.124 e. The summed E-state index contributed by atoms with van der Waals surface area (Å²) >= 11 is 0. The van der Waals surface area contributed by atoms with E-state index < -0.39 is 0 Å². The molecule has 0 atom stereocenters. The van der Waals surface area contributed by atoms with Gasteiger partial charge in [-0.05, 0) is 24.3 Å². The van der Waals surface area contributed by atoms with Crippen LogP contribution in [0, 0.1) is 24.6 Å². The van der Waals surface area contributed by atoms with Crippen LogP contribution >= 0.6 is 0 Å². The van der Waals surface area contributed by atoms with Gasteiger partial charge in [0.05, 0.1) is 0 Å². The van der Waals surface area contributed by atoms with Crippen LogP contribution in [0.15, 0.2) is 24.3 Å². The average molecular weight is 128 g/mol. The summed E-state index contributed by atoms with van der Waals surface area (Å²) in [5.74, 6) is 5.20. The highest BCUT2D eigenvalue weighted by Gasteiger charge is 1.85. The van der Waals surface area contributed by atoms with Crippen LogP contribution in [-0.2, 0) is 0 Å². The van der Waals surface area contributed by atoms with Gasteiger partial charge in [-0.15, -0.1) is 12.8 Å². The minimum Gasteiger partial charge on any atom is -0.115 e. The van der Waals surface area contributed by atoms with Crippen LogP contribution < -0.4 is 0 Å². The molecule has 0 fully saturated rings. The van der Waals surface area contributed by atoms with E-state index in [1.807, 2.05) is 0 Å². The highest BCUT2D eigenvalue weighted by molar-refractivity contribution is 5.39. The smallest absolute Gasteiger partial charge is 0.115 e. The molecule has 0 saturated heterocycles. The number of hydrogen-bond acceptors (Lipinski definition) is 0. The average Bonchev–Trinajstić information content (AvgIpc) is 2.09. The molecule has 0 spiro atoms. The molecule has 0 heteroatoms. The third-order valence-electron chi connectivity index (χ3n) is 1.17. The van der Waals surface area contributed by atoms with Gasteiger partial charge in [0.25, 0.3) is 0 Å². The molecule has 0 amide bonds. The van der Waals surface area contributed by atoms with Crippen LogP contribution in [0.3, 0.4) is 0 Å². The van der Waals surface area contributed by atoms with Gasteiger partial charge in [-0.3, -0.25) is 0 Å². The first-order chi connectivity index (χ1) is 5.86. The fraction of sp³-hybridized carbons (Fsp3) is 0. The van der Waals surface area contributed by atoms with Crippen molar-refractivity contribution in [3.63, 3.8) is 0 Å². The maximum absolute atomic E-state index is 6.66. The van der Waals surface area contributed by atoms with Crippen molar-refractivity contribution in [1.82, 2.24) is 0 Å². The van der Waals surface area contributed by atoms with Gasteiger partial charge in [0, 0.05) is 11.1 Å². The Bertz CT molecular complexity index is 329. The minimum absolute atomic E-state index is 0.792. The lowest BCUT2D eigenvalue weighted by Gasteiger charge is -1.89. The summed E-state index contributed by atoms with van der Waals surface area (Å²) in [5, 5.41) is 0. The van der Waals surface area contributed by atoms with Crippen LogP contribution in [0.2, 0.25) is 0 Å². The van der Waals surface area contributed by atoms with Gasteiger partial charge in [-0.2, -0.15) is 0 Å². The molecule has 0 nitrogen and oxygen atoms in total. The van der Waals surface area contributed by atoms with Crippen molar-refractivity contribution < 1.29 is 2.74 Å². The summed E-state index contributed by atoms with van der Waals surface area (Å²) in [6, 6.07) is 7.12. The predicted molar refractivity (Wildman–Crippen MR) is 42.3 cm³/mol. The Labute approximate surface area is 63.7 Å². The number of benzene rings is 1. The zero-order valence-electron chi connectivity index (χ0n) is 7.31. The van der Waals surface area contributed by atoms with E-state index in [1.165, 1.54) is 0 Å². The minimum atomic E-state index is 0.792. The van der Waals surface area contributed by atoms with E-state index in [2.05, 4.69) is 24.6 Å². The second-order valence-electron chi connectivity index (χ2n) is 1.83. The molecule has 0 saturated carbocycles. The molecule has 0 radical (unpaired) electrons. The first kappa shape index (κ1) is 4.20. The first-order valence-corrected chi connectivity index (χ1v) is 2.82. The maximum atomic E-state index is 6.66. The van der Waals surface area contributed by atoms with Crippen LogP contribution in [0.5, 0.6) is 0 Å². The summed E-state index contributed by atoms with van der Waals surface area (Å²) < 4.78 is 13.3. The van der Waals surface area contributed by atoms with Crippen molar-refractivity contribution in [3.05, 3.63) is 35.4 Å². The summed E-state index contributed by atoms with van der Waals surface area (Å²) in [7, 11) is 0. The summed E-state index contributed by atoms with van der Waals surface area (Å²) in [5.41, 5.74) is 1.58. The van der Waals surface area contributed by atoms with E-state index in [0.717, 1.165) is 11.1 Å². The molecule has 1 rings (SSSR count). The van der Waals surface area contributed by atoms with E-state index in [9.17, 15) is 0 Å². The molecule has 0 heterocycles. The molecular weight excluding hydrogens is 120 g/mol. The summed E-state index contributed by atoms with van der Waals surface area (Å²) in [6.07, 6.45) is 4.12. The zero-order chi connectivity index (χ0) is 8.81. The second-order valence-corrected chi connectivity index (χ2v) is 1.83. The molecule has 0 aliphatic heterocycles. The van der Waals surface area contributed by atoms with Crippen molar-refractivity contribution in [2.45, 2.75) is 0 Å². The van der Waals surface area contributed by atoms with Crippen LogP contribution in [0.4, 0.5) is 0 Å². The Hall–Kier alpha value is -1.66. The highest BCUT2D eigenvalue weighted by atomic mass is 13.9. The van der Waals surface area contributed by atoms with Crippen LogP contribution in [0.1, 0.15) is 13.9 Å². The lowest BCUT2D eigenvalue weighted by molar-refractivity contribution is 1.61. The Morgan fingerprint density at radius 3 is 1.70 bits per heavy atom. The Kier molecular flexibility index (Phi) is 1.16. The molecule has 1 aromatic rings. The summed E-state index contributed by atoms with van der Waals surface area (Å²) in [6.45, 7) is 0. The number of hydrogen-bond donors (Lipinski definition) is 0. The van der Waals surface area contributed by atoms with Crippen molar-refractivity contribution in [2.75, 3.05) is 0 Å². The van der Waals surface area contributed by atoms with Crippen molar-refractivity contribution in [3.8, 4) is 24.6 Å². The molecule has 46 valence electrons. The van der Waals surface area contributed by atoms with Gasteiger partial charge in [0.2, 0.25) is 0 Å². The Morgan fingerprint density at radius 2 is 1.40 bits per heavy atom. The van der Waals surface area contributed by atoms with Crippen molar-refractivity contribution >= 4 is 0 Å². The first-order valence-electron chi connectivity index (χ1n) is 3.82. The normalized spacial score (nSPS) is 9.20. The van der Waals surface area contributed by atoms with Gasteiger partial charge in [0.1, 0.15) is 2.74 Å². The molecule has 10 heavy (non-hydrogen) atoms. The van der Waals surface area contributed by atoms with Gasteiger partial charge in [0.15, 0.2) is 0 Å². The van der Waals surface area contributed by atoms with E-state index in [4.69, 9.17) is 2.74 Å². The monoisotopic (exact) mass is 128 g/mol. The topological polar surface area (TPSA) is 0 Å². The number of rotatable bonds is 0. The van der Waals surface area contributed by atoms with E-state index >= 15 is 0 Å². The van der Waals surface area contributed by atoms with Gasteiger partial charge < -0.3 is 0 Å². The van der Waals surface area contributed by atoms with Gasteiger partial charge in [-0.25, -0.2) is 0 Å². The molecule has 1 aromatic carbocycles. The van der Waals surface area contributed by atoms with Crippen molar-refractivity contribution in [2.24, 2.45) is 0 Å². The van der Waals surface area contributed by atoms with E-state index in [0.29, 0.717) is 0 Å². The molecule has 0 aliphatic carbocycles. The van der Waals surface area contributed by atoms with E-state index in [-0.39, 0.29) is 0 Å². The number of terminal acetylenes is 2. The van der Waals surface area contributed by atoms with Crippen molar-refractivity contribution in [1.29, 1.82) is 0 Å². The van der Waals surface area contributed by atoms with Gasteiger partial charge in [-0.1, -0.05) is 11.8 Å². The lowest BCUT2D eigenvalue weighted by atomic mass is 10.1. The third kappa shape index (κ3) is 1.19. The van der Waals surface area contributed by atoms with Crippen LogP contribution in [-0.4, -0.2) is 0 Å². The standard InChI is InChI=1S/C10H6/c1-3-9-5-7-10(4-2)8-6-9/h1-2,5-8H/i1D,2D. The van der Waals surface area contributed by atoms with Gasteiger partial charge >= 0.3 is 0 Å². The second kappa shape index (κ2) is 2.76. The Morgan fingerprint density at radius 1 is 1.00 bits per heavy atom.